The summed E-state index contributed by atoms with van der Waals surface area (Å²) in [5.74, 6) is -1.58. The molecule has 0 spiro atoms. The topological polar surface area (TPSA) is 75.2 Å². The molecule has 0 bridgehead atoms. The summed E-state index contributed by atoms with van der Waals surface area (Å²) in [5, 5.41) is 2.94. The highest BCUT2D eigenvalue weighted by atomic mass is 16.9. The Morgan fingerprint density at radius 3 is 2.26 bits per heavy atom. The van der Waals surface area contributed by atoms with Crippen molar-refractivity contribution in [2.75, 3.05) is 0 Å². The normalized spacial score (nSPS) is 47.0. The molecule has 0 unspecified atom stereocenters. The molecule has 0 saturated carbocycles. The molecule has 3 saturated heterocycles. The molecule has 7 nitrogen and oxygen atoms in total. The summed E-state index contributed by atoms with van der Waals surface area (Å²) in [6.45, 7) is 7.45. The Balaban J connectivity index is 1.63. The summed E-state index contributed by atoms with van der Waals surface area (Å²) in [7, 11) is 0. The van der Waals surface area contributed by atoms with Crippen LogP contribution in [-0.2, 0) is 28.5 Å². The van der Waals surface area contributed by atoms with Gasteiger partial charge in [-0.3, -0.25) is 4.79 Å². The van der Waals surface area contributed by atoms with Crippen LogP contribution in [0.15, 0.2) is 12.2 Å². The summed E-state index contributed by atoms with van der Waals surface area (Å²) < 4.78 is 30.1. The number of fused-ring (bicyclic) bond motifs is 3. The Labute approximate surface area is 135 Å². The minimum Gasteiger partial charge on any atom is -0.347 e. The van der Waals surface area contributed by atoms with Gasteiger partial charge in [0.1, 0.15) is 24.4 Å². The first-order valence-corrected chi connectivity index (χ1v) is 8.08. The average molecular weight is 325 g/mol. The first kappa shape index (κ1) is 15.5. The van der Waals surface area contributed by atoms with Gasteiger partial charge < -0.3 is 29.0 Å². The molecule has 6 atom stereocenters. The third kappa shape index (κ3) is 2.70. The van der Waals surface area contributed by atoms with Gasteiger partial charge >= 0.3 is 0 Å². The number of rotatable bonds is 1. The van der Waals surface area contributed by atoms with Crippen LogP contribution in [0, 0.1) is 0 Å². The molecular weight excluding hydrogens is 302 g/mol. The van der Waals surface area contributed by atoms with Crippen LogP contribution in [-0.4, -0.2) is 54.2 Å². The molecule has 0 radical (unpaired) electrons. The molecule has 0 aromatic heterocycles. The average Bonchev–Trinajstić information content (AvgIpc) is 2.92. The van der Waals surface area contributed by atoms with E-state index in [9.17, 15) is 4.79 Å². The number of hydrogen-bond acceptors (Lipinski definition) is 6. The van der Waals surface area contributed by atoms with Crippen molar-refractivity contribution in [3.63, 3.8) is 0 Å². The molecule has 1 amide bonds. The molecule has 4 aliphatic rings. The lowest BCUT2D eigenvalue weighted by atomic mass is 9.91. The van der Waals surface area contributed by atoms with E-state index in [2.05, 4.69) is 5.32 Å². The first-order valence-electron chi connectivity index (χ1n) is 8.08. The largest absolute Gasteiger partial charge is 0.347 e. The van der Waals surface area contributed by atoms with Crippen molar-refractivity contribution in [3.8, 4) is 0 Å². The zero-order valence-electron chi connectivity index (χ0n) is 13.8. The standard InChI is InChI=1S/C16H23NO6/c1-15(2)20-11-10(8-6-5-7-9(18)17-8)19-14-13(12(11)21-15)22-16(3,4)23-14/h5,7-8,10-14H,6H2,1-4H3,(H,17,18)/t8-,10+,11-,12-,13+,14+/m0/s1. The smallest absolute Gasteiger partial charge is 0.243 e. The molecule has 0 aliphatic carbocycles. The number of amides is 1. The van der Waals surface area contributed by atoms with E-state index in [4.69, 9.17) is 23.7 Å². The van der Waals surface area contributed by atoms with Gasteiger partial charge in [-0.2, -0.15) is 0 Å². The molecule has 0 aromatic carbocycles. The van der Waals surface area contributed by atoms with Gasteiger partial charge in [0.15, 0.2) is 17.9 Å². The quantitative estimate of drug-likeness (QED) is 0.770. The SMILES string of the molecule is CC1(C)O[C@@H]2[C@H](O1)[C@H]1OC(C)(C)O[C@H]1O[C@@H]2[C@@H]1CC=CC(=O)N1. The Morgan fingerprint density at radius 1 is 0.957 bits per heavy atom. The molecule has 0 aromatic rings. The van der Waals surface area contributed by atoms with Crippen LogP contribution in [0.25, 0.3) is 0 Å². The van der Waals surface area contributed by atoms with Crippen LogP contribution in [0.1, 0.15) is 34.1 Å². The molecule has 3 fully saturated rings. The number of hydrogen-bond donors (Lipinski definition) is 1. The molecule has 128 valence electrons. The number of ether oxygens (including phenoxy) is 5. The van der Waals surface area contributed by atoms with Gasteiger partial charge in [-0.15, -0.1) is 0 Å². The molecule has 4 heterocycles. The van der Waals surface area contributed by atoms with Crippen LogP contribution in [0.5, 0.6) is 0 Å². The van der Waals surface area contributed by atoms with Crippen LogP contribution in [0.4, 0.5) is 0 Å². The van der Waals surface area contributed by atoms with Gasteiger partial charge in [-0.25, -0.2) is 0 Å². The summed E-state index contributed by atoms with van der Waals surface area (Å²) in [4.78, 5) is 11.7. The molecule has 4 rings (SSSR count). The van der Waals surface area contributed by atoms with Crippen LogP contribution in [0.3, 0.4) is 0 Å². The lowest BCUT2D eigenvalue weighted by Crippen LogP contribution is -2.61. The summed E-state index contributed by atoms with van der Waals surface area (Å²) in [6, 6.07) is -0.175. The summed E-state index contributed by atoms with van der Waals surface area (Å²) in [6.07, 6.45) is 2.23. The zero-order valence-corrected chi connectivity index (χ0v) is 13.8. The summed E-state index contributed by atoms with van der Waals surface area (Å²) in [5.41, 5.74) is 0. The van der Waals surface area contributed by atoms with Crippen LogP contribution in [0.2, 0.25) is 0 Å². The van der Waals surface area contributed by atoms with Gasteiger partial charge in [0.05, 0.1) is 6.04 Å². The minimum absolute atomic E-state index is 0.120. The van der Waals surface area contributed by atoms with Gasteiger partial charge in [0.25, 0.3) is 0 Å². The van der Waals surface area contributed by atoms with Crippen molar-refractivity contribution in [3.05, 3.63) is 12.2 Å². The van der Waals surface area contributed by atoms with E-state index in [0.717, 1.165) is 0 Å². The van der Waals surface area contributed by atoms with Crippen molar-refractivity contribution in [2.45, 2.75) is 82.4 Å². The predicted octanol–water partition coefficient (Wildman–Crippen LogP) is 0.828. The Hall–Kier alpha value is -0.990. The Bertz CT molecular complexity index is 545. The van der Waals surface area contributed by atoms with Crippen molar-refractivity contribution >= 4 is 5.91 Å². The third-order valence-corrected chi connectivity index (χ3v) is 4.57. The van der Waals surface area contributed by atoms with E-state index in [-0.39, 0.29) is 36.4 Å². The second-order valence-electron chi connectivity index (χ2n) is 7.39. The number of carbonyl (C=O) groups is 1. The lowest BCUT2D eigenvalue weighted by molar-refractivity contribution is -0.239. The highest BCUT2D eigenvalue weighted by molar-refractivity contribution is 5.88. The predicted molar refractivity (Wildman–Crippen MR) is 78.2 cm³/mol. The van der Waals surface area contributed by atoms with Gasteiger partial charge in [0.2, 0.25) is 5.91 Å². The van der Waals surface area contributed by atoms with Crippen molar-refractivity contribution in [2.24, 2.45) is 0 Å². The van der Waals surface area contributed by atoms with Crippen LogP contribution >= 0.6 is 0 Å². The molecule has 23 heavy (non-hydrogen) atoms. The Morgan fingerprint density at radius 2 is 1.57 bits per heavy atom. The monoisotopic (exact) mass is 325 g/mol. The van der Waals surface area contributed by atoms with Gasteiger partial charge in [0, 0.05) is 0 Å². The maximum Gasteiger partial charge on any atom is 0.243 e. The second-order valence-corrected chi connectivity index (χ2v) is 7.39. The van der Waals surface area contributed by atoms with Gasteiger partial charge in [-0.1, -0.05) is 6.08 Å². The van der Waals surface area contributed by atoms with E-state index >= 15 is 0 Å². The first-order chi connectivity index (χ1) is 10.7. The van der Waals surface area contributed by atoms with E-state index < -0.39 is 17.9 Å². The molecule has 7 heteroatoms. The maximum absolute atomic E-state index is 11.7. The maximum atomic E-state index is 11.7. The fourth-order valence-corrected chi connectivity index (χ4v) is 3.79. The molecule has 1 N–H and O–H groups in total. The number of nitrogens with one attached hydrogen (secondary N) is 1. The van der Waals surface area contributed by atoms with Crippen LogP contribution < -0.4 is 5.32 Å². The zero-order chi connectivity index (χ0) is 16.4. The number of carbonyl (C=O) groups excluding carboxylic acids is 1. The Kier molecular flexibility index (Phi) is 3.38. The van der Waals surface area contributed by atoms with E-state index in [1.165, 1.54) is 6.08 Å². The molecule has 4 aliphatic heterocycles. The third-order valence-electron chi connectivity index (χ3n) is 4.57. The highest BCUT2D eigenvalue weighted by Crippen LogP contribution is 2.45. The second kappa shape index (κ2) is 5.00. The lowest BCUT2D eigenvalue weighted by Gasteiger charge is -2.41. The van der Waals surface area contributed by atoms with E-state index in [0.29, 0.717) is 6.42 Å². The fourth-order valence-electron chi connectivity index (χ4n) is 3.79. The fraction of sp³-hybridized carbons (Fsp3) is 0.812. The van der Waals surface area contributed by atoms with E-state index in [1.807, 2.05) is 33.8 Å². The minimum atomic E-state index is -0.736. The van der Waals surface area contributed by atoms with E-state index in [1.54, 1.807) is 0 Å². The highest BCUT2D eigenvalue weighted by Gasteiger charge is 2.61. The molecular formula is C16H23NO6. The van der Waals surface area contributed by atoms with Crippen molar-refractivity contribution in [1.29, 1.82) is 0 Å². The van der Waals surface area contributed by atoms with Gasteiger partial charge in [-0.05, 0) is 40.2 Å². The van der Waals surface area contributed by atoms with Crippen molar-refractivity contribution in [1.82, 2.24) is 5.32 Å². The summed E-state index contributed by atoms with van der Waals surface area (Å²) >= 11 is 0. The van der Waals surface area contributed by atoms with Crippen molar-refractivity contribution < 1.29 is 28.5 Å².